The number of halogens is 1. The zero-order valence-electron chi connectivity index (χ0n) is 7.28. The Bertz CT molecular complexity index is 341. The van der Waals surface area contributed by atoms with Crippen molar-refractivity contribution in [2.45, 2.75) is 19.4 Å². The van der Waals surface area contributed by atoms with Gasteiger partial charge in [0.2, 0.25) is 6.08 Å². The van der Waals surface area contributed by atoms with Crippen LogP contribution in [0.25, 0.3) is 0 Å². The summed E-state index contributed by atoms with van der Waals surface area (Å²) in [5.41, 5.74) is -0.706. The first-order valence-corrected chi connectivity index (χ1v) is 4.42. The number of nitrogens with zero attached hydrogens (tertiary/aromatic N) is 3. The molecule has 0 amide bonds. The summed E-state index contributed by atoms with van der Waals surface area (Å²) in [5.74, 6) is 0.499. The molecular formula is C8H8BrN3O. The first-order chi connectivity index (χ1) is 6.06. The van der Waals surface area contributed by atoms with Gasteiger partial charge in [0, 0.05) is 12.4 Å². The van der Waals surface area contributed by atoms with Crippen LogP contribution in [0.5, 0.6) is 0 Å². The van der Waals surface area contributed by atoms with Crippen molar-refractivity contribution >= 4 is 22.0 Å². The van der Waals surface area contributed by atoms with E-state index in [1.54, 1.807) is 26.2 Å². The maximum atomic E-state index is 10.1. The van der Waals surface area contributed by atoms with Crippen LogP contribution in [0.1, 0.15) is 19.7 Å². The molecule has 0 saturated heterocycles. The lowest BCUT2D eigenvalue weighted by atomic mass is 10.1. The minimum atomic E-state index is -0.706. The standard InChI is InChI=1S/C8H8BrN3O/c1-8(2,12-5-13)7-10-3-6(9)4-11-7/h3-4H,1-2H3. The molecule has 0 fully saturated rings. The molecule has 0 aromatic carbocycles. The van der Waals surface area contributed by atoms with E-state index in [0.29, 0.717) is 5.82 Å². The maximum absolute atomic E-state index is 10.1. The summed E-state index contributed by atoms with van der Waals surface area (Å²) in [4.78, 5) is 21.8. The minimum absolute atomic E-state index is 0.499. The Morgan fingerprint density at radius 3 is 2.46 bits per heavy atom. The fourth-order valence-corrected chi connectivity index (χ4v) is 0.997. The van der Waals surface area contributed by atoms with Gasteiger partial charge in [0.25, 0.3) is 0 Å². The van der Waals surface area contributed by atoms with Crippen molar-refractivity contribution in [3.63, 3.8) is 0 Å². The average Bonchev–Trinajstić information content (AvgIpc) is 2.05. The summed E-state index contributed by atoms with van der Waals surface area (Å²) >= 11 is 3.22. The van der Waals surface area contributed by atoms with Crippen LogP contribution in [-0.2, 0) is 10.3 Å². The van der Waals surface area contributed by atoms with Gasteiger partial charge in [-0.25, -0.2) is 14.8 Å². The van der Waals surface area contributed by atoms with Crippen molar-refractivity contribution in [3.8, 4) is 0 Å². The lowest BCUT2D eigenvalue weighted by Crippen LogP contribution is -2.17. The Balaban J connectivity index is 3.07. The van der Waals surface area contributed by atoms with Crippen LogP contribution in [0, 0.1) is 0 Å². The molecule has 1 heterocycles. The highest BCUT2D eigenvalue weighted by Crippen LogP contribution is 2.20. The molecule has 1 aromatic heterocycles. The molecule has 0 radical (unpaired) electrons. The largest absolute Gasteiger partial charge is 0.238 e. The number of hydrogen-bond donors (Lipinski definition) is 0. The predicted octanol–water partition coefficient (Wildman–Crippen LogP) is 1.81. The van der Waals surface area contributed by atoms with Crippen LogP contribution < -0.4 is 0 Å². The zero-order valence-corrected chi connectivity index (χ0v) is 8.87. The SMILES string of the molecule is CC(C)(N=C=O)c1ncc(Br)cn1. The molecule has 0 aliphatic carbocycles. The molecule has 1 aromatic rings. The summed E-state index contributed by atoms with van der Waals surface area (Å²) in [5, 5.41) is 0. The molecule has 0 aliphatic rings. The van der Waals surface area contributed by atoms with Gasteiger partial charge in [-0.2, -0.15) is 4.99 Å². The van der Waals surface area contributed by atoms with Crippen LogP contribution >= 0.6 is 15.9 Å². The Morgan fingerprint density at radius 2 is 2.00 bits per heavy atom. The van der Waals surface area contributed by atoms with Crippen LogP contribution in [0.15, 0.2) is 21.9 Å². The topological polar surface area (TPSA) is 55.2 Å². The normalized spacial score (nSPS) is 10.7. The van der Waals surface area contributed by atoms with E-state index in [2.05, 4.69) is 30.9 Å². The molecule has 0 unspecified atom stereocenters. The molecule has 13 heavy (non-hydrogen) atoms. The smallest absolute Gasteiger partial charge is 0.235 e. The van der Waals surface area contributed by atoms with E-state index in [1.165, 1.54) is 6.08 Å². The van der Waals surface area contributed by atoms with Crippen LogP contribution in [0.3, 0.4) is 0 Å². The van der Waals surface area contributed by atoms with E-state index >= 15 is 0 Å². The fourth-order valence-electron chi connectivity index (χ4n) is 0.792. The van der Waals surface area contributed by atoms with E-state index < -0.39 is 5.54 Å². The molecule has 0 N–H and O–H groups in total. The molecule has 4 nitrogen and oxygen atoms in total. The number of hydrogen-bond acceptors (Lipinski definition) is 4. The first-order valence-electron chi connectivity index (χ1n) is 3.63. The van der Waals surface area contributed by atoms with Gasteiger partial charge in [-0.3, -0.25) is 0 Å². The summed E-state index contributed by atoms with van der Waals surface area (Å²) in [6.45, 7) is 3.50. The van der Waals surface area contributed by atoms with Crippen molar-refractivity contribution in [1.29, 1.82) is 0 Å². The van der Waals surface area contributed by atoms with Gasteiger partial charge in [0.05, 0.1) is 4.47 Å². The van der Waals surface area contributed by atoms with Crippen molar-refractivity contribution in [2.75, 3.05) is 0 Å². The molecule has 0 atom stereocenters. The quantitative estimate of drug-likeness (QED) is 0.587. The van der Waals surface area contributed by atoms with Crippen molar-refractivity contribution < 1.29 is 4.79 Å². The van der Waals surface area contributed by atoms with Gasteiger partial charge < -0.3 is 0 Å². The summed E-state index contributed by atoms with van der Waals surface area (Å²) < 4.78 is 0.794. The van der Waals surface area contributed by atoms with Gasteiger partial charge in [-0.15, -0.1) is 0 Å². The Hall–Kier alpha value is -1.06. The lowest BCUT2D eigenvalue weighted by Gasteiger charge is -2.14. The third-order valence-electron chi connectivity index (χ3n) is 1.49. The van der Waals surface area contributed by atoms with Crippen molar-refractivity contribution in [1.82, 2.24) is 9.97 Å². The molecule has 0 saturated carbocycles. The van der Waals surface area contributed by atoms with Gasteiger partial charge in [-0.1, -0.05) is 0 Å². The van der Waals surface area contributed by atoms with Gasteiger partial charge in [0.15, 0.2) is 5.82 Å². The Kier molecular flexibility index (Phi) is 2.90. The fraction of sp³-hybridized carbons (Fsp3) is 0.375. The molecule has 0 aliphatic heterocycles. The second-order valence-electron chi connectivity index (χ2n) is 2.99. The molecular weight excluding hydrogens is 234 g/mol. The van der Waals surface area contributed by atoms with Gasteiger partial charge in [-0.05, 0) is 29.8 Å². The number of aromatic nitrogens is 2. The summed E-state index contributed by atoms with van der Waals surface area (Å²) in [6.07, 6.45) is 4.74. The second-order valence-corrected chi connectivity index (χ2v) is 3.90. The molecule has 5 heteroatoms. The van der Waals surface area contributed by atoms with Crippen LogP contribution in [0.2, 0.25) is 0 Å². The lowest BCUT2D eigenvalue weighted by molar-refractivity contribution is 0.498. The maximum Gasteiger partial charge on any atom is 0.235 e. The zero-order chi connectivity index (χ0) is 9.90. The third kappa shape index (κ3) is 2.44. The molecule has 1 rings (SSSR count). The summed E-state index contributed by atoms with van der Waals surface area (Å²) in [6, 6.07) is 0. The second kappa shape index (κ2) is 3.77. The minimum Gasteiger partial charge on any atom is -0.238 e. The first kappa shape index (κ1) is 10.0. The van der Waals surface area contributed by atoms with E-state index in [-0.39, 0.29) is 0 Å². The Morgan fingerprint density at radius 1 is 1.46 bits per heavy atom. The van der Waals surface area contributed by atoms with Crippen LogP contribution in [-0.4, -0.2) is 16.0 Å². The van der Waals surface area contributed by atoms with E-state index in [9.17, 15) is 4.79 Å². The number of aliphatic imine (C=N–C) groups is 1. The highest BCUT2D eigenvalue weighted by molar-refractivity contribution is 9.10. The van der Waals surface area contributed by atoms with E-state index in [4.69, 9.17) is 0 Å². The predicted molar refractivity (Wildman–Crippen MR) is 50.9 cm³/mol. The van der Waals surface area contributed by atoms with Gasteiger partial charge in [0.1, 0.15) is 5.54 Å². The molecule has 68 valence electrons. The van der Waals surface area contributed by atoms with E-state index in [0.717, 1.165) is 4.47 Å². The molecule has 0 spiro atoms. The highest BCUT2D eigenvalue weighted by Gasteiger charge is 2.22. The van der Waals surface area contributed by atoms with Crippen molar-refractivity contribution in [2.24, 2.45) is 4.99 Å². The van der Waals surface area contributed by atoms with Crippen molar-refractivity contribution in [3.05, 3.63) is 22.7 Å². The average molecular weight is 242 g/mol. The summed E-state index contributed by atoms with van der Waals surface area (Å²) in [7, 11) is 0. The molecule has 0 bridgehead atoms. The number of isocyanates is 1. The number of carbonyl (C=O) groups excluding carboxylic acids is 1. The monoisotopic (exact) mass is 241 g/mol. The van der Waals surface area contributed by atoms with Crippen LogP contribution in [0.4, 0.5) is 0 Å². The van der Waals surface area contributed by atoms with Gasteiger partial charge >= 0.3 is 0 Å². The number of rotatable bonds is 2. The third-order valence-corrected chi connectivity index (χ3v) is 1.90. The highest BCUT2D eigenvalue weighted by atomic mass is 79.9. The van der Waals surface area contributed by atoms with E-state index in [1.807, 2.05) is 0 Å². The Labute approximate surface area is 84.3 Å².